The van der Waals surface area contributed by atoms with Crippen LogP contribution in [-0.2, 0) is 0 Å². The van der Waals surface area contributed by atoms with Gasteiger partial charge in [0.1, 0.15) is 11.6 Å². The fourth-order valence-electron chi connectivity index (χ4n) is 1.54. The Hall–Kier alpha value is -1.46. The van der Waals surface area contributed by atoms with Crippen LogP contribution in [0.4, 0.5) is 11.6 Å². The average molecular weight is 281 g/mol. The normalized spacial score (nSPS) is 12.3. The minimum Gasteiger partial charge on any atom is -0.383 e. The number of hydrogen-bond donors (Lipinski definition) is 2. The van der Waals surface area contributed by atoms with Crippen molar-refractivity contribution in [3.63, 3.8) is 0 Å². The first kappa shape index (κ1) is 13.0. The zero-order valence-electron chi connectivity index (χ0n) is 9.80. The van der Waals surface area contributed by atoms with E-state index in [1.165, 1.54) is 17.8 Å². The van der Waals surface area contributed by atoms with Crippen molar-refractivity contribution >= 4 is 35.0 Å². The fraction of sp³-hybridized carbons (Fsp3) is 0.167. The number of nitrogens with two attached hydrogens (primary N) is 2. The molecule has 94 valence electrons. The highest BCUT2D eigenvalue weighted by Gasteiger charge is 2.13. The molecule has 1 heterocycles. The Morgan fingerprint density at radius 3 is 2.39 bits per heavy atom. The van der Waals surface area contributed by atoms with Crippen LogP contribution in [0.5, 0.6) is 0 Å². The number of halogens is 1. The third-order valence-corrected chi connectivity index (χ3v) is 3.72. The summed E-state index contributed by atoms with van der Waals surface area (Å²) in [4.78, 5) is 8.27. The average Bonchev–Trinajstić information content (AvgIpc) is 2.27. The van der Waals surface area contributed by atoms with E-state index < -0.39 is 0 Å². The number of anilines is 2. The summed E-state index contributed by atoms with van der Waals surface area (Å²) in [6.07, 6.45) is 0. The second kappa shape index (κ2) is 5.46. The number of aromatic nitrogens is 2. The third-order valence-electron chi connectivity index (χ3n) is 2.37. The van der Waals surface area contributed by atoms with Gasteiger partial charge in [-0.25, -0.2) is 9.97 Å². The predicted octanol–water partition coefficient (Wildman–Crippen LogP) is 3.15. The van der Waals surface area contributed by atoms with E-state index in [2.05, 4.69) is 9.97 Å². The number of rotatable bonds is 3. The molecule has 0 aliphatic rings. The van der Waals surface area contributed by atoms with Gasteiger partial charge in [0.25, 0.3) is 0 Å². The second-order valence-electron chi connectivity index (χ2n) is 3.78. The van der Waals surface area contributed by atoms with Crippen molar-refractivity contribution in [2.24, 2.45) is 0 Å². The monoisotopic (exact) mass is 280 g/mol. The van der Waals surface area contributed by atoms with E-state index in [-0.39, 0.29) is 5.25 Å². The Morgan fingerprint density at radius 1 is 1.17 bits per heavy atom. The molecule has 0 aliphatic carbocycles. The summed E-state index contributed by atoms with van der Waals surface area (Å²) in [7, 11) is 0. The highest BCUT2D eigenvalue weighted by Crippen LogP contribution is 2.36. The molecule has 0 saturated heterocycles. The molecule has 1 atom stereocenters. The predicted molar refractivity (Wildman–Crippen MR) is 76.6 cm³/mol. The molecule has 0 radical (unpaired) electrons. The van der Waals surface area contributed by atoms with Crippen molar-refractivity contribution in [3.05, 3.63) is 40.9 Å². The van der Waals surface area contributed by atoms with Crippen LogP contribution < -0.4 is 11.5 Å². The lowest BCUT2D eigenvalue weighted by Gasteiger charge is -2.12. The number of nitrogen functional groups attached to an aromatic ring is 2. The molecule has 1 aromatic heterocycles. The third kappa shape index (κ3) is 3.05. The molecule has 0 amide bonds. The van der Waals surface area contributed by atoms with E-state index in [0.717, 1.165) is 10.6 Å². The lowest BCUT2D eigenvalue weighted by Crippen LogP contribution is -2.00. The Bertz CT molecular complexity index is 541. The van der Waals surface area contributed by atoms with Crippen LogP contribution in [0.25, 0.3) is 0 Å². The van der Waals surface area contributed by atoms with Gasteiger partial charge >= 0.3 is 0 Å². The van der Waals surface area contributed by atoms with Crippen molar-refractivity contribution in [1.29, 1.82) is 0 Å². The Morgan fingerprint density at radius 2 is 1.78 bits per heavy atom. The van der Waals surface area contributed by atoms with Crippen LogP contribution in [-0.4, -0.2) is 9.97 Å². The van der Waals surface area contributed by atoms with Crippen molar-refractivity contribution in [2.75, 3.05) is 11.5 Å². The highest BCUT2D eigenvalue weighted by molar-refractivity contribution is 7.99. The summed E-state index contributed by atoms with van der Waals surface area (Å²) in [6, 6.07) is 9.23. The van der Waals surface area contributed by atoms with Gasteiger partial charge in [-0.3, -0.25) is 0 Å². The van der Waals surface area contributed by atoms with Gasteiger partial charge in [-0.2, -0.15) is 0 Å². The van der Waals surface area contributed by atoms with Gasteiger partial charge in [0, 0.05) is 16.3 Å². The summed E-state index contributed by atoms with van der Waals surface area (Å²) in [5, 5.41) is 1.41. The molecule has 4 N–H and O–H groups in total. The Kier molecular flexibility index (Phi) is 3.93. The van der Waals surface area contributed by atoms with Crippen LogP contribution in [0.1, 0.15) is 17.7 Å². The van der Waals surface area contributed by atoms with Crippen LogP contribution in [0.2, 0.25) is 5.02 Å². The zero-order chi connectivity index (χ0) is 13.1. The molecule has 2 aromatic rings. The van der Waals surface area contributed by atoms with Gasteiger partial charge in [-0.05, 0) is 18.6 Å². The number of nitrogens with zero attached hydrogens (tertiary/aromatic N) is 2. The maximum absolute atomic E-state index is 6.14. The molecule has 1 aromatic carbocycles. The van der Waals surface area contributed by atoms with Crippen LogP contribution >= 0.6 is 23.4 Å². The van der Waals surface area contributed by atoms with Crippen molar-refractivity contribution in [3.8, 4) is 0 Å². The van der Waals surface area contributed by atoms with E-state index in [1.54, 1.807) is 0 Å². The van der Waals surface area contributed by atoms with Crippen LogP contribution in [0, 0.1) is 0 Å². The molecule has 6 heteroatoms. The molecule has 0 fully saturated rings. The highest BCUT2D eigenvalue weighted by atomic mass is 35.5. The van der Waals surface area contributed by atoms with E-state index in [4.69, 9.17) is 23.1 Å². The van der Waals surface area contributed by atoms with Gasteiger partial charge in [-0.15, -0.1) is 0 Å². The van der Waals surface area contributed by atoms with Gasteiger partial charge in [0.2, 0.25) is 0 Å². The lowest BCUT2D eigenvalue weighted by atomic mass is 10.2. The number of benzene rings is 1. The number of hydrogen-bond acceptors (Lipinski definition) is 5. The van der Waals surface area contributed by atoms with Gasteiger partial charge in [0.15, 0.2) is 5.16 Å². The molecule has 0 saturated carbocycles. The molecule has 0 unspecified atom stereocenters. The minimum absolute atomic E-state index is 0.125. The van der Waals surface area contributed by atoms with Gasteiger partial charge in [0.05, 0.1) is 0 Å². The Labute approximate surface area is 115 Å². The molecule has 0 spiro atoms. The summed E-state index contributed by atoms with van der Waals surface area (Å²) in [5.74, 6) is 0.743. The standard InChI is InChI=1S/C12H13ClN4S/c1-7(8-4-2-3-5-9(8)13)18-12-16-10(14)6-11(15)17-12/h2-7H,1H3,(H4,14,15,16,17)/t7-/m1/s1. The fourth-order valence-corrected chi connectivity index (χ4v) is 2.87. The van der Waals surface area contributed by atoms with Gasteiger partial charge in [-0.1, -0.05) is 41.6 Å². The summed E-state index contributed by atoms with van der Waals surface area (Å²) >= 11 is 7.62. The van der Waals surface area contributed by atoms with Crippen LogP contribution in [0.15, 0.2) is 35.5 Å². The first-order valence-corrected chi connectivity index (χ1v) is 6.63. The molecular weight excluding hydrogens is 268 g/mol. The lowest BCUT2D eigenvalue weighted by molar-refractivity contribution is 0.967. The van der Waals surface area contributed by atoms with E-state index in [1.807, 2.05) is 31.2 Å². The second-order valence-corrected chi connectivity index (χ2v) is 5.50. The first-order chi connectivity index (χ1) is 8.56. The quantitative estimate of drug-likeness (QED) is 0.667. The first-order valence-electron chi connectivity index (χ1n) is 5.37. The minimum atomic E-state index is 0.125. The molecule has 4 nitrogen and oxygen atoms in total. The molecular formula is C12H13ClN4S. The topological polar surface area (TPSA) is 77.8 Å². The van der Waals surface area contributed by atoms with E-state index >= 15 is 0 Å². The largest absolute Gasteiger partial charge is 0.383 e. The van der Waals surface area contributed by atoms with Crippen molar-refractivity contribution in [1.82, 2.24) is 9.97 Å². The smallest absolute Gasteiger partial charge is 0.192 e. The Balaban J connectivity index is 2.21. The number of thioether (sulfide) groups is 1. The summed E-state index contributed by atoms with van der Waals surface area (Å²) < 4.78 is 0. The van der Waals surface area contributed by atoms with Gasteiger partial charge < -0.3 is 11.5 Å². The SMILES string of the molecule is C[C@@H](Sc1nc(N)cc(N)n1)c1ccccc1Cl. The van der Waals surface area contributed by atoms with E-state index in [0.29, 0.717) is 16.8 Å². The van der Waals surface area contributed by atoms with E-state index in [9.17, 15) is 0 Å². The summed E-state index contributed by atoms with van der Waals surface area (Å²) in [6.45, 7) is 2.04. The van der Waals surface area contributed by atoms with Crippen LogP contribution in [0.3, 0.4) is 0 Å². The summed E-state index contributed by atoms with van der Waals surface area (Å²) in [5.41, 5.74) is 12.3. The molecule has 0 aliphatic heterocycles. The molecule has 2 rings (SSSR count). The molecule has 18 heavy (non-hydrogen) atoms. The van der Waals surface area contributed by atoms with Crippen molar-refractivity contribution < 1.29 is 0 Å². The molecule has 0 bridgehead atoms. The maximum atomic E-state index is 6.14. The zero-order valence-corrected chi connectivity index (χ0v) is 11.4. The van der Waals surface area contributed by atoms with Crippen molar-refractivity contribution in [2.45, 2.75) is 17.3 Å². The maximum Gasteiger partial charge on any atom is 0.192 e.